The molecule has 1 heterocycles. The van der Waals surface area contributed by atoms with Crippen LogP contribution in [0.1, 0.15) is 284 Å². The molecule has 498 valence electrons. The van der Waals surface area contributed by atoms with Gasteiger partial charge in [-0.1, -0.05) is 284 Å². The fourth-order valence-corrected chi connectivity index (χ4v) is 10.3. The van der Waals surface area contributed by atoms with E-state index >= 15 is 0 Å². The largest absolute Gasteiger partial charge is 0.454 e. The van der Waals surface area contributed by atoms with Gasteiger partial charge in [-0.25, -0.2) is 0 Å². The van der Waals surface area contributed by atoms with Gasteiger partial charge in [-0.2, -0.15) is 0 Å². The Morgan fingerprint density at radius 1 is 0.460 bits per heavy atom. The topological polar surface area (TPSA) is 175 Å². The van der Waals surface area contributed by atoms with E-state index < -0.39 is 67.4 Å². The van der Waals surface area contributed by atoms with Crippen LogP contribution >= 0.6 is 0 Å². The predicted molar refractivity (Wildman–Crippen MR) is 365 cm³/mol. The second kappa shape index (κ2) is 62.3. The number of rotatable bonds is 59. The minimum atomic E-state index is -1.64. The molecule has 0 aromatic carbocycles. The fraction of sp³-hybridized carbons (Fsp3) is 0.711. The Morgan fingerprint density at radius 3 is 1.26 bits per heavy atom. The van der Waals surface area contributed by atoms with Gasteiger partial charge in [-0.3, -0.25) is 9.59 Å². The Bertz CT molecular complexity index is 1880. The number of amides is 1. The Morgan fingerprint density at radius 2 is 0.828 bits per heavy atom. The summed E-state index contributed by atoms with van der Waals surface area (Å²) in [5.41, 5.74) is 0. The molecule has 11 nitrogen and oxygen atoms in total. The maximum absolute atomic E-state index is 13.5. The lowest BCUT2D eigenvalue weighted by Gasteiger charge is -2.41. The second-order valence-electron chi connectivity index (χ2n) is 23.9. The monoisotopic (exact) mass is 1220 g/mol. The summed E-state index contributed by atoms with van der Waals surface area (Å²) in [6.07, 6.45) is 76.7. The van der Waals surface area contributed by atoms with Gasteiger partial charge in [0.05, 0.1) is 25.4 Å². The van der Waals surface area contributed by atoms with Crippen molar-refractivity contribution in [2.24, 2.45) is 0 Å². The van der Waals surface area contributed by atoms with Gasteiger partial charge >= 0.3 is 5.97 Å². The van der Waals surface area contributed by atoms with Gasteiger partial charge in [-0.15, -0.1) is 0 Å². The number of allylic oxidation sites excluding steroid dienone is 19. The smallest absolute Gasteiger partial charge is 0.306 e. The van der Waals surface area contributed by atoms with E-state index in [1.807, 2.05) is 6.08 Å². The van der Waals surface area contributed by atoms with Crippen molar-refractivity contribution < 1.29 is 49.3 Å². The first-order chi connectivity index (χ1) is 42.7. The van der Waals surface area contributed by atoms with Gasteiger partial charge in [0.2, 0.25) is 5.91 Å². The highest BCUT2D eigenvalue weighted by molar-refractivity contribution is 5.80. The summed E-state index contributed by atoms with van der Waals surface area (Å²) in [7, 11) is 0. The van der Waals surface area contributed by atoms with E-state index in [4.69, 9.17) is 14.2 Å². The predicted octanol–water partition coefficient (Wildman–Crippen LogP) is 18.2. The molecule has 1 aliphatic heterocycles. The van der Waals surface area contributed by atoms with Crippen LogP contribution in [0.3, 0.4) is 0 Å². The number of esters is 1. The summed E-state index contributed by atoms with van der Waals surface area (Å²) in [5, 5.41) is 57.2. The number of carbonyl (C=O) groups excluding carboxylic acids is 2. The van der Waals surface area contributed by atoms with E-state index in [0.29, 0.717) is 12.8 Å². The number of hydrogen-bond acceptors (Lipinski definition) is 10. The molecule has 6 N–H and O–H groups in total. The molecule has 1 amide bonds. The molecule has 1 aliphatic rings. The highest BCUT2D eigenvalue weighted by Gasteiger charge is 2.47. The molecule has 0 bridgehead atoms. The summed E-state index contributed by atoms with van der Waals surface area (Å²) >= 11 is 0. The van der Waals surface area contributed by atoms with Crippen LogP contribution in [-0.2, 0) is 23.8 Å². The average Bonchev–Trinajstić information content (AvgIpc) is 3.60. The molecular formula is C76H129NO10. The van der Waals surface area contributed by atoms with Crippen LogP contribution in [0.25, 0.3) is 0 Å². The minimum Gasteiger partial charge on any atom is -0.454 e. The van der Waals surface area contributed by atoms with E-state index in [-0.39, 0.29) is 19.4 Å². The molecule has 0 aromatic heterocycles. The van der Waals surface area contributed by atoms with Crippen LogP contribution in [0, 0.1) is 0 Å². The summed E-state index contributed by atoms with van der Waals surface area (Å²) in [5.74, 6) is -1.24. The van der Waals surface area contributed by atoms with Gasteiger partial charge in [-0.05, 0) is 116 Å². The molecule has 0 spiro atoms. The quantitative estimate of drug-likeness (QED) is 0.0195. The highest BCUT2D eigenvalue weighted by atomic mass is 16.7. The first-order valence-electron chi connectivity index (χ1n) is 35.3. The third-order valence-corrected chi connectivity index (χ3v) is 15.8. The van der Waals surface area contributed by atoms with Crippen molar-refractivity contribution in [1.82, 2.24) is 5.32 Å². The molecule has 8 unspecified atom stereocenters. The molecule has 0 aliphatic carbocycles. The molecule has 1 saturated heterocycles. The third kappa shape index (κ3) is 49.5. The van der Waals surface area contributed by atoms with Crippen LogP contribution in [0.2, 0.25) is 0 Å². The maximum atomic E-state index is 13.5. The Kier molecular flexibility index (Phi) is 58.0. The molecule has 8 atom stereocenters. The zero-order valence-electron chi connectivity index (χ0n) is 55.3. The van der Waals surface area contributed by atoms with Crippen LogP contribution in [-0.4, -0.2) is 99.6 Å². The van der Waals surface area contributed by atoms with Gasteiger partial charge < -0.3 is 45.1 Å². The van der Waals surface area contributed by atoms with Crippen molar-refractivity contribution >= 4 is 11.9 Å². The van der Waals surface area contributed by atoms with Crippen molar-refractivity contribution in [1.29, 1.82) is 0 Å². The van der Waals surface area contributed by atoms with E-state index in [0.717, 1.165) is 109 Å². The van der Waals surface area contributed by atoms with Crippen molar-refractivity contribution in [2.75, 3.05) is 13.2 Å². The Balaban J connectivity index is 2.59. The molecule has 0 aromatic rings. The van der Waals surface area contributed by atoms with E-state index in [2.05, 4.69) is 135 Å². The van der Waals surface area contributed by atoms with Gasteiger partial charge in [0.25, 0.3) is 0 Å². The number of nitrogens with one attached hydrogen (secondary N) is 1. The van der Waals surface area contributed by atoms with Crippen LogP contribution < -0.4 is 5.32 Å². The number of carbonyl (C=O) groups is 2. The summed E-state index contributed by atoms with van der Waals surface area (Å²) in [6.45, 7) is 5.63. The molecule has 1 rings (SSSR count). The standard InChI is InChI=1S/C76H129NO10/c1-4-7-10-13-16-19-22-24-26-28-30-32-33-34-35-36-38-39-41-43-45-48-51-54-57-60-63-69(80)75(84)77-67(68(79)62-59-56-53-50-47-21-18-15-12-9-6-3)66-85-76-74(73(83)72(82)70(65-78)86-76)87-71(81)64-61-58-55-52-49-46-44-42-40-37-31-29-27-25-23-20-17-14-11-8-5-2/h8,11,16-17,19-20,24-27,30-32,37,42,44,49,52,59,62,67-70,72-74,76,78-80,82-83H,4-7,9-10,12-15,18,21-23,28-29,33-36,38-41,43,45-48,50-51,53-58,60-61,63-66H2,1-3H3,(H,77,84)/b11-8-,19-16-,20-17-,26-24-,27-25-,32-30-,37-31-,44-42-,52-49-,62-59+. The highest BCUT2D eigenvalue weighted by Crippen LogP contribution is 2.26. The molecule has 0 saturated carbocycles. The van der Waals surface area contributed by atoms with Crippen molar-refractivity contribution in [3.8, 4) is 0 Å². The maximum Gasteiger partial charge on any atom is 0.306 e. The van der Waals surface area contributed by atoms with E-state index in [1.165, 1.54) is 128 Å². The lowest BCUT2D eigenvalue weighted by atomic mass is 9.99. The molecular weight excluding hydrogens is 1090 g/mol. The number of aliphatic hydroxyl groups is 5. The first-order valence-corrected chi connectivity index (χ1v) is 35.3. The lowest BCUT2D eigenvalue weighted by molar-refractivity contribution is -0.305. The zero-order valence-corrected chi connectivity index (χ0v) is 55.3. The number of aliphatic hydroxyl groups excluding tert-OH is 5. The van der Waals surface area contributed by atoms with Crippen molar-refractivity contribution in [2.45, 2.75) is 333 Å². The van der Waals surface area contributed by atoms with Gasteiger partial charge in [0, 0.05) is 6.42 Å². The zero-order chi connectivity index (χ0) is 63.1. The Hall–Kier alpha value is -3.94. The van der Waals surface area contributed by atoms with Crippen molar-refractivity contribution in [3.63, 3.8) is 0 Å². The molecule has 11 heteroatoms. The summed E-state index contributed by atoms with van der Waals surface area (Å²) < 4.78 is 17.6. The fourth-order valence-electron chi connectivity index (χ4n) is 10.3. The number of ether oxygens (including phenoxy) is 3. The molecule has 87 heavy (non-hydrogen) atoms. The summed E-state index contributed by atoms with van der Waals surface area (Å²) in [6, 6.07) is -1.04. The van der Waals surface area contributed by atoms with E-state index in [1.54, 1.807) is 6.08 Å². The second-order valence-corrected chi connectivity index (χ2v) is 23.9. The third-order valence-electron chi connectivity index (χ3n) is 15.8. The minimum absolute atomic E-state index is 0.0630. The Labute approximate surface area is 531 Å². The lowest BCUT2D eigenvalue weighted by Crippen LogP contribution is -2.61. The van der Waals surface area contributed by atoms with Gasteiger partial charge in [0.1, 0.15) is 24.4 Å². The molecule has 0 radical (unpaired) electrons. The summed E-state index contributed by atoms with van der Waals surface area (Å²) in [4.78, 5) is 26.6. The number of unbranched alkanes of at least 4 members (excludes halogenated alkanes) is 27. The SMILES string of the molecule is CC/C=C\C/C=C\C/C=C\C/C=C\C/C=C\C/C=C\CCCCC(=O)OC1C(OCC(NC(=O)C(O)CCCCCCCCCCCCCCC/C=C\C/C=C\C/C=C\CCCCC)C(O)/C=C/CCCCCCCCCCC)OC(CO)C(O)C1O. The van der Waals surface area contributed by atoms with Crippen LogP contribution in [0.5, 0.6) is 0 Å². The van der Waals surface area contributed by atoms with Gasteiger partial charge in [0.15, 0.2) is 12.4 Å². The normalized spacial score (nSPS) is 19.0. The number of hydrogen-bond donors (Lipinski definition) is 6. The molecule has 1 fully saturated rings. The van der Waals surface area contributed by atoms with Crippen molar-refractivity contribution in [3.05, 3.63) is 122 Å². The first kappa shape index (κ1) is 81.1. The average molecular weight is 1220 g/mol. The van der Waals surface area contributed by atoms with Crippen LogP contribution in [0.15, 0.2) is 122 Å². The van der Waals surface area contributed by atoms with E-state index in [9.17, 15) is 35.1 Å². The van der Waals surface area contributed by atoms with Crippen LogP contribution in [0.4, 0.5) is 0 Å².